The third-order valence-electron chi connectivity index (χ3n) is 4.18. The lowest BCUT2D eigenvalue weighted by Gasteiger charge is -2.18. The smallest absolute Gasteiger partial charge is 0.308 e. The molecule has 2 atom stereocenters. The van der Waals surface area contributed by atoms with Gasteiger partial charge in [-0.2, -0.15) is 0 Å². The number of hydrogen-bond donors (Lipinski definition) is 3. The number of benzene rings is 2. The van der Waals surface area contributed by atoms with Gasteiger partial charge in [0.2, 0.25) is 0 Å². The fourth-order valence-electron chi connectivity index (χ4n) is 2.36. The van der Waals surface area contributed by atoms with E-state index in [2.05, 4.69) is 10.0 Å². The van der Waals surface area contributed by atoms with E-state index in [-0.39, 0.29) is 10.5 Å². The minimum Gasteiger partial charge on any atom is -0.481 e. The summed E-state index contributed by atoms with van der Waals surface area (Å²) < 4.78 is 27.7. The molecular formula is C19H22N2O5S. The number of anilines is 1. The van der Waals surface area contributed by atoms with Gasteiger partial charge in [0.25, 0.3) is 15.9 Å². The van der Waals surface area contributed by atoms with Crippen molar-refractivity contribution in [2.75, 3.05) is 4.72 Å². The van der Waals surface area contributed by atoms with Gasteiger partial charge >= 0.3 is 5.97 Å². The van der Waals surface area contributed by atoms with Crippen LogP contribution in [0.5, 0.6) is 0 Å². The highest BCUT2D eigenvalue weighted by Gasteiger charge is 2.22. The Balaban J connectivity index is 2.21. The lowest BCUT2D eigenvalue weighted by Crippen LogP contribution is -2.40. The Kier molecular flexibility index (Phi) is 6.22. The molecule has 2 aromatic rings. The third-order valence-corrected chi connectivity index (χ3v) is 5.55. The van der Waals surface area contributed by atoms with Crippen LogP contribution in [0.4, 0.5) is 5.69 Å². The maximum atomic E-state index is 12.6. The molecule has 1 amide bonds. The van der Waals surface area contributed by atoms with E-state index in [0.717, 1.165) is 5.56 Å². The van der Waals surface area contributed by atoms with Gasteiger partial charge in [-0.05, 0) is 56.7 Å². The first kappa shape index (κ1) is 20.4. The number of carbonyl (C=O) groups is 2. The van der Waals surface area contributed by atoms with Crippen LogP contribution in [0, 0.1) is 12.8 Å². The van der Waals surface area contributed by atoms with Gasteiger partial charge in [-0.1, -0.05) is 18.2 Å². The summed E-state index contributed by atoms with van der Waals surface area (Å²) >= 11 is 0. The first-order chi connectivity index (χ1) is 12.6. The van der Waals surface area contributed by atoms with E-state index in [1.165, 1.54) is 31.2 Å². The van der Waals surface area contributed by atoms with Gasteiger partial charge in [-0.3, -0.25) is 14.3 Å². The summed E-state index contributed by atoms with van der Waals surface area (Å²) in [6.07, 6.45) is 0. The first-order valence-electron chi connectivity index (χ1n) is 8.33. The average Bonchev–Trinajstić information content (AvgIpc) is 2.60. The van der Waals surface area contributed by atoms with Gasteiger partial charge < -0.3 is 10.4 Å². The molecule has 0 aliphatic rings. The van der Waals surface area contributed by atoms with Crippen molar-refractivity contribution < 1.29 is 23.1 Å². The van der Waals surface area contributed by atoms with Crippen LogP contribution in [0.25, 0.3) is 0 Å². The van der Waals surface area contributed by atoms with E-state index in [9.17, 15) is 18.0 Å². The van der Waals surface area contributed by atoms with E-state index in [4.69, 9.17) is 5.11 Å². The highest BCUT2D eigenvalue weighted by molar-refractivity contribution is 7.92. The van der Waals surface area contributed by atoms with Crippen LogP contribution < -0.4 is 10.0 Å². The zero-order valence-electron chi connectivity index (χ0n) is 15.3. The molecule has 144 valence electrons. The zero-order valence-corrected chi connectivity index (χ0v) is 16.1. The van der Waals surface area contributed by atoms with E-state index in [0.29, 0.717) is 5.69 Å². The lowest BCUT2D eigenvalue weighted by molar-refractivity contribution is -0.141. The topological polar surface area (TPSA) is 113 Å². The fraction of sp³-hybridized carbons (Fsp3) is 0.263. The van der Waals surface area contributed by atoms with Crippen molar-refractivity contribution in [3.05, 3.63) is 59.7 Å². The lowest BCUT2D eigenvalue weighted by atomic mass is 10.0. The second-order valence-corrected chi connectivity index (χ2v) is 8.07. The van der Waals surface area contributed by atoms with Crippen LogP contribution in [0.15, 0.2) is 53.4 Å². The van der Waals surface area contributed by atoms with Crippen LogP contribution in [0.1, 0.15) is 29.8 Å². The molecule has 2 rings (SSSR count). The van der Waals surface area contributed by atoms with Gasteiger partial charge in [-0.15, -0.1) is 0 Å². The monoisotopic (exact) mass is 390 g/mol. The molecule has 0 heterocycles. The maximum absolute atomic E-state index is 12.6. The first-order valence-corrected chi connectivity index (χ1v) is 9.81. The number of carboxylic acid groups (broad SMARTS) is 1. The Morgan fingerprint density at radius 2 is 1.70 bits per heavy atom. The predicted octanol–water partition coefficient (Wildman–Crippen LogP) is 2.63. The maximum Gasteiger partial charge on any atom is 0.308 e. The highest BCUT2D eigenvalue weighted by atomic mass is 32.2. The summed E-state index contributed by atoms with van der Waals surface area (Å²) in [4.78, 5) is 23.3. The molecule has 0 fully saturated rings. The zero-order chi connectivity index (χ0) is 20.2. The van der Waals surface area contributed by atoms with Gasteiger partial charge in [0.15, 0.2) is 0 Å². The number of carboxylic acids is 1. The molecule has 0 aliphatic heterocycles. The minimum absolute atomic E-state index is 0.0596. The summed E-state index contributed by atoms with van der Waals surface area (Å²) in [6.45, 7) is 4.92. The third kappa shape index (κ3) is 5.30. The van der Waals surface area contributed by atoms with E-state index in [1.807, 2.05) is 13.0 Å². The second kappa shape index (κ2) is 8.22. The molecule has 3 N–H and O–H groups in total. The summed E-state index contributed by atoms with van der Waals surface area (Å²) in [5.74, 6) is -2.34. The number of sulfonamides is 1. The molecule has 2 aromatic carbocycles. The number of nitrogens with one attached hydrogen (secondary N) is 2. The van der Waals surface area contributed by atoms with Gasteiger partial charge in [0, 0.05) is 17.3 Å². The van der Waals surface area contributed by atoms with Crippen LogP contribution in [-0.4, -0.2) is 31.4 Å². The molecule has 8 heteroatoms. The van der Waals surface area contributed by atoms with Crippen LogP contribution in [-0.2, 0) is 14.8 Å². The molecular weight excluding hydrogens is 368 g/mol. The van der Waals surface area contributed by atoms with Crippen LogP contribution in [0.3, 0.4) is 0 Å². The number of carbonyl (C=O) groups excluding carboxylic acids is 1. The normalized spacial score (nSPS) is 13.4. The van der Waals surface area contributed by atoms with E-state index >= 15 is 0 Å². The number of rotatable bonds is 7. The predicted molar refractivity (Wildman–Crippen MR) is 102 cm³/mol. The van der Waals surface area contributed by atoms with Crippen molar-refractivity contribution >= 4 is 27.6 Å². The quantitative estimate of drug-likeness (QED) is 0.673. The Labute approximate surface area is 158 Å². The molecule has 0 radical (unpaired) electrons. The summed E-state index contributed by atoms with van der Waals surface area (Å²) in [6, 6.07) is 11.9. The number of aryl methyl sites for hydroxylation is 1. The van der Waals surface area contributed by atoms with Crippen molar-refractivity contribution in [2.24, 2.45) is 5.92 Å². The molecule has 0 aromatic heterocycles. The molecule has 0 saturated heterocycles. The molecule has 0 aliphatic carbocycles. The average molecular weight is 390 g/mol. The van der Waals surface area contributed by atoms with Crippen molar-refractivity contribution in [2.45, 2.75) is 31.7 Å². The Morgan fingerprint density at radius 1 is 1.04 bits per heavy atom. The van der Waals surface area contributed by atoms with Crippen molar-refractivity contribution in [3.63, 3.8) is 0 Å². The van der Waals surface area contributed by atoms with Crippen molar-refractivity contribution in [1.82, 2.24) is 5.32 Å². The largest absolute Gasteiger partial charge is 0.481 e. The highest BCUT2D eigenvalue weighted by Crippen LogP contribution is 2.18. The van der Waals surface area contributed by atoms with Gasteiger partial charge in [0.1, 0.15) is 0 Å². The van der Waals surface area contributed by atoms with Crippen molar-refractivity contribution in [3.8, 4) is 0 Å². The minimum atomic E-state index is -3.87. The van der Waals surface area contributed by atoms with Crippen LogP contribution >= 0.6 is 0 Å². The van der Waals surface area contributed by atoms with E-state index in [1.54, 1.807) is 25.1 Å². The van der Waals surface area contributed by atoms with Crippen molar-refractivity contribution in [1.29, 1.82) is 0 Å². The molecule has 0 spiro atoms. The van der Waals surface area contributed by atoms with Crippen LogP contribution in [0.2, 0.25) is 0 Å². The summed E-state index contributed by atoms with van der Waals surface area (Å²) in [7, 11) is -3.87. The Morgan fingerprint density at radius 3 is 2.33 bits per heavy atom. The molecule has 0 bridgehead atoms. The fourth-order valence-corrected chi connectivity index (χ4v) is 3.45. The van der Waals surface area contributed by atoms with E-state index < -0.39 is 33.9 Å². The Bertz CT molecular complexity index is 956. The SMILES string of the molecule is Cc1cccc(NS(=O)(=O)c2cccc(C(=O)NC(C)C(C)C(=O)O)c2)c1. The molecule has 2 unspecified atom stereocenters. The molecule has 0 saturated carbocycles. The second-order valence-electron chi connectivity index (χ2n) is 6.39. The number of amides is 1. The number of hydrogen-bond acceptors (Lipinski definition) is 4. The number of aliphatic carboxylic acids is 1. The summed E-state index contributed by atoms with van der Waals surface area (Å²) in [5, 5.41) is 11.6. The molecule has 27 heavy (non-hydrogen) atoms. The summed E-state index contributed by atoms with van der Waals surface area (Å²) in [5.41, 5.74) is 1.46. The molecule has 7 nitrogen and oxygen atoms in total. The van der Waals surface area contributed by atoms with Gasteiger partial charge in [-0.25, -0.2) is 8.42 Å². The Hall–Kier alpha value is -2.87. The standard InChI is InChI=1S/C19H22N2O5S/c1-12-6-4-8-16(10-12)21-27(25,26)17-9-5-7-15(11-17)18(22)20-14(3)13(2)19(23)24/h4-11,13-14,21H,1-3H3,(H,20,22)(H,23,24). The van der Waals surface area contributed by atoms with Gasteiger partial charge in [0.05, 0.1) is 10.8 Å².